The molecule has 0 aromatic heterocycles. The van der Waals surface area contributed by atoms with Crippen molar-refractivity contribution in [3.8, 4) is 0 Å². The molecule has 1 N–H and O–H groups in total. The molecule has 21 heavy (non-hydrogen) atoms. The number of allylic oxidation sites excluding steroid dienone is 2. The van der Waals surface area contributed by atoms with Gasteiger partial charge in [-0.05, 0) is 61.2 Å². The number of hydrogen-bond donors (Lipinski definition) is 1. The Morgan fingerprint density at radius 1 is 1.24 bits per heavy atom. The minimum atomic E-state index is -0.504. The highest BCUT2D eigenvalue weighted by Crippen LogP contribution is 2.60. The quantitative estimate of drug-likeness (QED) is 0.670. The lowest BCUT2D eigenvalue weighted by Gasteiger charge is -2.59. The normalized spacial score (nSPS) is 43.4. The fraction of sp³-hybridized carbons (Fsp3) is 0.900. The number of rotatable bonds is 4. The maximum atomic E-state index is 11.1. The van der Waals surface area contributed by atoms with Crippen LogP contribution in [0, 0.1) is 28.6 Å². The van der Waals surface area contributed by atoms with Gasteiger partial charge in [-0.25, -0.2) is 0 Å². The first-order valence-corrected chi connectivity index (χ1v) is 9.03. The summed E-state index contributed by atoms with van der Waals surface area (Å²) in [6.07, 6.45) is 11.8. The van der Waals surface area contributed by atoms with Crippen molar-refractivity contribution in [3.05, 3.63) is 12.2 Å². The Labute approximate surface area is 132 Å². The predicted octanol–water partition coefficient (Wildman–Crippen LogP) is 5.58. The molecule has 0 amide bonds. The Morgan fingerprint density at radius 3 is 2.52 bits per heavy atom. The molecular formula is C20H36O. The van der Waals surface area contributed by atoms with E-state index in [9.17, 15) is 5.11 Å². The van der Waals surface area contributed by atoms with Crippen molar-refractivity contribution in [1.82, 2.24) is 0 Å². The average molecular weight is 293 g/mol. The van der Waals surface area contributed by atoms with Gasteiger partial charge in [0.2, 0.25) is 0 Å². The highest BCUT2D eigenvalue weighted by molar-refractivity contribution is 5.17. The van der Waals surface area contributed by atoms with E-state index in [0.717, 1.165) is 18.8 Å². The molecule has 0 unspecified atom stereocenters. The number of hydrogen-bond acceptors (Lipinski definition) is 1. The molecule has 1 fully saturated rings. The summed E-state index contributed by atoms with van der Waals surface area (Å²) >= 11 is 0. The molecule has 1 nitrogen and oxygen atoms in total. The molecule has 0 aliphatic heterocycles. The summed E-state index contributed by atoms with van der Waals surface area (Å²) < 4.78 is 0. The summed E-state index contributed by atoms with van der Waals surface area (Å²) in [6, 6.07) is 0. The van der Waals surface area contributed by atoms with Crippen LogP contribution in [0.5, 0.6) is 0 Å². The molecule has 2 aliphatic rings. The number of fused-ring (bicyclic) bond motifs is 1. The van der Waals surface area contributed by atoms with Gasteiger partial charge in [0.25, 0.3) is 0 Å². The highest BCUT2D eigenvalue weighted by atomic mass is 16.3. The second-order valence-corrected chi connectivity index (χ2v) is 9.05. The maximum Gasteiger partial charge on any atom is 0.0656 e. The molecule has 0 aromatic rings. The minimum absolute atomic E-state index is 0.164. The molecule has 0 bridgehead atoms. The van der Waals surface area contributed by atoms with Crippen LogP contribution in [0.25, 0.3) is 0 Å². The zero-order valence-corrected chi connectivity index (χ0v) is 15.1. The van der Waals surface area contributed by atoms with E-state index in [1.165, 1.54) is 25.7 Å². The van der Waals surface area contributed by atoms with Crippen LogP contribution < -0.4 is 0 Å². The lowest BCUT2D eigenvalue weighted by molar-refractivity contribution is -0.135. The summed E-state index contributed by atoms with van der Waals surface area (Å²) in [5.41, 5.74) is 0.0298. The van der Waals surface area contributed by atoms with Gasteiger partial charge in [-0.15, -0.1) is 0 Å². The van der Waals surface area contributed by atoms with Gasteiger partial charge in [0.1, 0.15) is 0 Å². The van der Waals surface area contributed by atoms with Gasteiger partial charge < -0.3 is 5.11 Å². The van der Waals surface area contributed by atoms with E-state index < -0.39 is 5.60 Å². The van der Waals surface area contributed by atoms with Crippen LogP contribution in [0.3, 0.4) is 0 Å². The molecule has 0 radical (unpaired) electrons. The fourth-order valence-corrected chi connectivity index (χ4v) is 5.34. The third-order valence-corrected chi connectivity index (χ3v) is 6.90. The first kappa shape index (κ1) is 17.1. The first-order chi connectivity index (χ1) is 9.63. The summed E-state index contributed by atoms with van der Waals surface area (Å²) in [4.78, 5) is 0. The highest BCUT2D eigenvalue weighted by Gasteiger charge is 2.56. The van der Waals surface area contributed by atoms with Crippen molar-refractivity contribution < 1.29 is 5.11 Å². The van der Waals surface area contributed by atoms with Crippen LogP contribution in [0.15, 0.2) is 12.2 Å². The summed E-state index contributed by atoms with van der Waals surface area (Å²) in [5, 5.41) is 11.1. The third-order valence-electron chi connectivity index (χ3n) is 6.90. The lowest BCUT2D eigenvalue weighted by Crippen LogP contribution is -2.56. The van der Waals surface area contributed by atoms with Crippen molar-refractivity contribution in [1.29, 1.82) is 0 Å². The molecule has 1 saturated carbocycles. The number of aliphatic hydroxyl groups is 1. The van der Waals surface area contributed by atoms with E-state index in [1.807, 2.05) is 0 Å². The Balaban J connectivity index is 2.28. The minimum Gasteiger partial charge on any atom is -0.390 e. The van der Waals surface area contributed by atoms with Crippen LogP contribution in [-0.4, -0.2) is 10.7 Å². The van der Waals surface area contributed by atoms with Crippen molar-refractivity contribution in [2.45, 2.75) is 85.7 Å². The third kappa shape index (κ3) is 3.09. The molecule has 122 valence electrons. The molecule has 0 aromatic carbocycles. The molecule has 5 atom stereocenters. The topological polar surface area (TPSA) is 20.2 Å². The fourth-order valence-electron chi connectivity index (χ4n) is 5.34. The Morgan fingerprint density at radius 2 is 1.90 bits per heavy atom. The van der Waals surface area contributed by atoms with Crippen LogP contribution in [-0.2, 0) is 0 Å². The maximum absolute atomic E-state index is 11.1. The standard InChI is InChI=1S/C20H36O/c1-7-15(2)9-10-17-19(5)13-8-12-18(3,4)16(19)11-14-20(17,6)21/h8,13,15-17,21H,7,9-12,14H2,1-6H3/t15-,16+,17-,19+,20-/m1/s1. The van der Waals surface area contributed by atoms with Crippen LogP contribution >= 0.6 is 0 Å². The second kappa shape index (κ2) is 5.72. The Kier molecular flexibility index (Phi) is 4.65. The monoisotopic (exact) mass is 292 g/mol. The molecule has 0 saturated heterocycles. The zero-order valence-electron chi connectivity index (χ0n) is 15.1. The molecule has 0 heterocycles. The van der Waals surface area contributed by atoms with Gasteiger partial charge in [0.05, 0.1) is 5.60 Å². The summed E-state index contributed by atoms with van der Waals surface area (Å²) in [6.45, 7) is 14.0. The van der Waals surface area contributed by atoms with E-state index in [0.29, 0.717) is 17.3 Å². The van der Waals surface area contributed by atoms with Crippen molar-refractivity contribution in [2.24, 2.45) is 28.6 Å². The van der Waals surface area contributed by atoms with Gasteiger partial charge in [-0.3, -0.25) is 0 Å². The van der Waals surface area contributed by atoms with Crippen molar-refractivity contribution >= 4 is 0 Å². The van der Waals surface area contributed by atoms with Gasteiger partial charge in [0.15, 0.2) is 0 Å². The smallest absolute Gasteiger partial charge is 0.0656 e. The van der Waals surface area contributed by atoms with Gasteiger partial charge in [-0.2, -0.15) is 0 Å². The van der Waals surface area contributed by atoms with E-state index in [4.69, 9.17) is 0 Å². The van der Waals surface area contributed by atoms with Crippen LogP contribution in [0.2, 0.25) is 0 Å². The van der Waals surface area contributed by atoms with E-state index in [1.54, 1.807) is 0 Å². The first-order valence-electron chi connectivity index (χ1n) is 9.03. The van der Waals surface area contributed by atoms with Gasteiger partial charge >= 0.3 is 0 Å². The largest absolute Gasteiger partial charge is 0.390 e. The van der Waals surface area contributed by atoms with Crippen LogP contribution in [0.4, 0.5) is 0 Å². The SMILES string of the molecule is CC[C@@H](C)CC[C@@H]1[C@@]2(C)C=CCC(C)(C)[C@@H]2CC[C@@]1(C)O. The Bertz CT molecular complexity index is 393. The predicted molar refractivity (Wildman–Crippen MR) is 91.2 cm³/mol. The van der Waals surface area contributed by atoms with Gasteiger partial charge in [-0.1, -0.05) is 59.6 Å². The van der Waals surface area contributed by atoms with Crippen molar-refractivity contribution in [2.75, 3.05) is 0 Å². The lowest BCUT2D eigenvalue weighted by atomic mass is 9.47. The second-order valence-electron chi connectivity index (χ2n) is 9.05. The molecule has 0 spiro atoms. The van der Waals surface area contributed by atoms with Crippen LogP contribution in [0.1, 0.15) is 80.1 Å². The Hall–Kier alpha value is -0.300. The summed E-state index contributed by atoms with van der Waals surface area (Å²) in [5.74, 6) is 1.87. The summed E-state index contributed by atoms with van der Waals surface area (Å²) in [7, 11) is 0. The molecule has 2 rings (SSSR count). The van der Waals surface area contributed by atoms with E-state index in [-0.39, 0.29) is 5.41 Å². The average Bonchev–Trinajstić information content (AvgIpc) is 2.35. The van der Waals surface area contributed by atoms with Crippen molar-refractivity contribution in [3.63, 3.8) is 0 Å². The molecule has 2 aliphatic carbocycles. The van der Waals surface area contributed by atoms with E-state index in [2.05, 4.69) is 53.7 Å². The molecule has 1 heteroatoms. The molecular weight excluding hydrogens is 256 g/mol. The van der Waals surface area contributed by atoms with Gasteiger partial charge in [0, 0.05) is 0 Å². The van der Waals surface area contributed by atoms with E-state index >= 15 is 0 Å². The zero-order chi connectivity index (χ0) is 15.9.